The summed E-state index contributed by atoms with van der Waals surface area (Å²) in [5.41, 5.74) is -11.9. The molecule has 278 valence electrons. The molecule has 0 amide bonds. The van der Waals surface area contributed by atoms with Crippen molar-refractivity contribution in [2.45, 2.75) is 18.5 Å². The minimum atomic E-state index is -6.01. The summed E-state index contributed by atoms with van der Waals surface area (Å²) in [6.07, 6.45) is -16.9. The molecule has 0 saturated carbocycles. The van der Waals surface area contributed by atoms with Gasteiger partial charge in [0, 0.05) is 5.56 Å². The van der Waals surface area contributed by atoms with Gasteiger partial charge in [0.15, 0.2) is 58.0 Å². The highest BCUT2D eigenvalue weighted by molar-refractivity contribution is 5.78. The number of rotatable bonds is 3. The van der Waals surface area contributed by atoms with Crippen LogP contribution in [0.3, 0.4) is 0 Å². The molecule has 1 aromatic heterocycles. The smallest absolute Gasteiger partial charge is 0.226 e. The highest BCUT2D eigenvalue weighted by Gasteiger charge is 2.43. The van der Waals surface area contributed by atoms with Gasteiger partial charge in [-0.25, -0.2) is 52.5 Å². The lowest BCUT2D eigenvalue weighted by Gasteiger charge is -2.14. The molecule has 0 N–H and O–H groups in total. The van der Waals surface area contributed by atoms with Crippen LogP contribution in [0.1, 0.15) is 28.1 Å². The Morgan fingerprint density at radius 2 is 1.16 bits per heavy atom. The first-order valence-electron chi connectivity index (χ1n) is 14.3. The number of nitrogens with zero attached hydrogens (tertiary/aromatic N) is 11. The molecule has 0 radical (unpaired) electrons. The topological polar surface area (TPSA) is 183 Å². The Kier molecular flexibility index (Phi) is 8.89. The summed E-state index contributed by atoms with van der Waals surface area (Å²) in [7, 11) is 0. The molecular weight excluding hydrogens is 785 g/mol. The molecular formula is C32H4F13N11. The van der Waals surface area contributed by atoms with Crippen LogP contribution in [0.4, 0.5) is 57.1 Å². The van der Waals surface area contributed by atoms with Gasteiger partial charge in [-0.15, -0.1) is 0 Å². The first-order chi connectivity index (χ1) is 26.1. The van der Waals surface area contributed by atoms with E-state index in [1.54, 1.807) is 6.07 Å². The van der Waals surface area contributed by atoms with Crippen LogP contribution in [0.25, 0.3) is 28.3 Å². The molecule has 0 atom stereocenters. The molecule has 3 heterocycles. The molecule has 3 aromatic carbocycles. The molecule has 56 heavy (non-hydrogen) atoms. The normalized spacial score (nSPS) is 14.1. The summed E-state index contributed by atoms with van der Waals surface area (Å²) in [6, 6.07) is 7.75. The van der Waals surface area contributed by atoms with E-state index < -0.39 is 132 Å². The molecule has 0 saturated heterocycles. The fourth-order valence-corrected chi connectivity index (χ4v) is 5.12. The highest BCUT2D eigenvalue weighted by atomic mass is 19.4. The zero-order valence-electron chi connectivity index (χ0n) is 26.1. The number of allylic oxidation sites excluding steroid dienone is 2. The van der Waals surface area contributed by atoms with Crippen LogP contribution in [-0.2, 0) is 18.5 Å². The van der Waals surface area contributed by atoms with Gasteiger partial charge in [0.05, 0.1) is 33.0 Å². The molecule has 0 spiro atoms. The van der Waals surface area contributed by atoms with Crippen LogP contribution in [0.2, 0.25) is 0 Å². The number of hydrogen-bond acceptors (Lipinski definition) is 11. The molecule has 0 bridgehead atoms. The largest absolute Gasteiger partial charge is 0.422 e. The van der Waals surface area contributed by atoms with E-state index in [2.05, 4.69) is 34.9 Å². The van der Waals surface area contributed by atoms with E-state index in [9.17, 15) is 69.3 Å². The third-order valence-corrected chi connectivity index (χ3v) is 7.53. The quantitative estimate of drug-likeness (QED) is 0.152. The van der Waals surface area contributed by atoms with Gasteiger partial charge in [0.25, 0.3) is 0 Å². The molecule has 24 heteroatoms. The van der Waals surface area contributed by atoms with E-state index in [1.165, 1.54) is 18.2 Å². The van der Waals surface area contributed by atoms with E-state index >= 15 is 8.78 Å². The van der Waals surface area contributed by atoms with E-state index in [1.807, 2.05) is 0 Å². The van der Waals surface area contributed by atoms with Crippen LogP contribution in [0, 0.1) is 68.6 Å². The van der Waals surface area contributed by atoms with Gasteiger partial charge >= 0.3 is 18.5 Å². The lowest BCUT2D eigenvalue weighted by atomic mass is 10.0. The molecule has 11 nitrogen and oxygen atoms in total. The van der Waals surface area contributed by atoms with Gasteiger partial charge < -0.3 is 0 Å². The third kappa shape index (κ3) is 6.28. The average Bonchev–Trinajstić information content (AvgIpc) is 3.74. The Labute approximate surface area is 298 Å². The van der Waals surface area contributed by atoms with Crippen molar-refractivity contribution in [3.63, 3.8) is 0 Å². The van der Waals surface area contributed by atoms with E-state index in [0.717, 1.165) is 12.1 Å². The zero-order chi connectivity index (χ0) is 41.2. The molecule has 0 aliphatic carbocycles. The fourth-order valence-electron chi connectivity index (χ4n) is 5.12. The second-order valence-electron chi connectivity index (χ2n) is 10.8. The van der Waals surface area contributed by atoms with Gasteiger partial charge in [0.1, 0.15) is 46.1 Å². The van der Waals surface area contributed by atoms with Crippen molar-refractivity contribution in [1.29, 1.82) is 21.0 Å². The molecule has 4 aromatic rings. The summed E-state index contributed by atoms with van der Waals surface area (Å²) < 4.78 is 182. The number of benzene rings is 3. The van der Waals surface area contributed by atoms with E-state index in [-0.39, 0.29) is 17.5 Å². The average molecular weight is 789 g/mol. The van der Waals surface area contributed by atoms with Gasteiger partial charge in [-0.3, -0.25) is 0 Å². The van der Waals surface area contributed by atoms with Crippen molar-refractivity contribution in [2.24, 2.45) is 20.0 Å². The van der Waals surface area contributed by atoms with Crippen LogP contribution in [-0.4, -0.2) is 15.0 Å². The lowest BCUT2D eigenvalue weighted by molar-refractivity contribution is -0.144. The van der Waals surface area contributed by atoms with Crippen molar-refractivity contribution < 1.29 is 57.1 Å². The molecule has 0 unspecified atom stereocenters. The third-order valence-electron chi connectivity index (χ3n) is 7.53. The maximum atomic E-state index is 15.3. The molecule has 2 aliphatic rings. The van der Waals surface area contributed by atoms with Gasteiger partial charge in [-0.2, -0.15) is 60.6 Å². The van der Waals surface area contributed by atoms with E-state index in [4.69, 9.17) is 0 Å². The predicted molar refractivity (Wildman–Crippen MR) is 152 cm³/mol. The second kappa shape index (κ2) is 13.1. The van der Waals surface area contributed by atoms with Crippen LogP contribution >= 0.6 is 0 Å². The fraction of sp³-hybridized carbons (Fsp3) is 0.0938. The monoisotopic (exact) mass is 789 g/mol. The van der Waals surface area contributed by atoms with Crippen LogP contribution in [0.5, 0.6) is 0 Å². The van der Waals surface area contributed by atoms with Crippen molar-refractivity contribution in [3.05, 3.63) is 114 Å². The Balaban J connectivity index is 1.73. The first kappa shape index (κ1) is 38.1. The zero-order valence-corrected chi connectivity index (χ0v) is 26.1. The SMILES string of the molecule is N#CC(C#N)=C1N=c2ccc(-c3nc(/C(C#N)=C4\N=c5cc(C(F)(F)F)cc(C(F)(F)F)c5=N4)nc(-c4c(F)c(F)c(C(F)(F)F)c(F)c4F)n3)c(C#N)c2=N1. The number of fused-ring (bicyclic) bond motifs is 2. The summed E-state index contributed by atoms with van der Waals surface area (Å²) in [4.78, 5) is 25.8. The van der Waals surface area contributed by atoms with Gasteiger partial charge in [-0.05, 0) is 24.3 Å². The first-order valence-corrected chi connectivity index (χ1v) is 14.3. The summed E-state index contributed by atoms with van der Waals surface area (Å²) in [5, 5.41) is 35.6. The van der Waals surface area contributed by atoms with Crippen molar-refractivity contribution in [3.8, 4) is 47.1 Å². The summed E-state index contributed by atoms with van der Waals surface area (Å²) in [5.74, 6) is -17.0. The Morgan fingerprint density at radius 3 is 1.70 bits per heavy atom. The Morgan fingerprint density at radius 1 is 0.571 bits per heavy atom. The van der Waals surface area contributed by atoms with Gasteiger partial charge in [-0.1, -0.05) is 0 Å². The number of aromatic nitrogens is 3. The molecule has 6 rings (SSSR count). The summed E-state index contributed by atoms with van der Waals surface area (Å²) >= 11 is 0. The lowest BCUT2D eigenvalue weighted by Crippen LogP contribution is -2.32. The maximum absolute atomic E-state index is 15.3. The molecule has 2 aliphatic heterocycles. The van der Waals surface area contributed by atoms with Crippen molar-refractivity contribution in [1.82, 2.24) is 15.0 Å². The number of alkyl halides is 9. The minimum absolute atomic E-state index is 0.129. The second-order valence-corrected chi connectivity index (χ2v) is 10.8. The standard InChI is InChI=1S/C32H4F13N11/c33-19-17(20(34)22(36)18(21(19)35)32(43,44)45)29-55-26(11-1-2-15-23(12(11)7-48)52-25(50-15)9(5-46)6-47)54-28(56-29)13(8-49)27-51-16-4-10(30(37,38)39)3-14(24(16)53-27)31(40,41)42/h1-4H/b27-13+. The maximum Gasteiger partial charge on any atom is 0.422 e. The van der Waals surface area contributed by atoms with Crippen LogP contribution < -0.4 is 21.4 Å². The Hall–Kier alpha value is -7.60. The summed E-state index contributed by atoms with van der Waals surface area (Å²) in [6.45, 7) is 0. The van der Waals surface area contributed by atoms with Crippen LogP contribution in [0.15, 0.2) is 61.5 Å². The van der Waals surface area contributed by atoms with Gasteiger partial charge in [0.2, 0.25) is 0 Å². The van der Waals surface area contributed by atoms with Crippen molar-refractivity contribution in [2.75, 3.05) is 0 Å². The number of halogens is 13. The molecule has 0 fully saturated rings. The minimum Gasteiger partial charge on any atom is -0.226 e. The van der Waals surface area contributed by atoms with E-state index in [0.29, 0.717) is 0 Å². The number of nitriles is 4. The highest BCUT2D eigenvalue weighted by Crippen LogP contribution is 2.40. The number of hydrogen-bond donors (Lipinski definition) is 0. The van der Waals surface area contributed by atoms with Crippen molar-refractivity contribution >= 4 is 5.57 Å². The Bertz CT molecular complexity index is 2930. The predicted octanol–water partition coefficient (Wildman–Crippen LogP) is 5.35.